The molecule has 1 aromatic carbocycles. The van der Waals surface area contributed by atoms with Crippen molar-refractivity contribution < 1.29 is 21.6 Å². The second-order valence-corrected chi connectivity index (χ2v) is 6.30. The Balaban J connectivity index is 3.65. The van der Waals surface area contributed by atoms with Crippen molar-refractivity contribution in [2.45, 2.75) is 16.4 Å². The fourth-order valence-electron chi connectivity index (χ4n) is 1.15. The first-order valence-electron chi connectivity index (χ1n) is 4.05. The van der Waals surface area contributed by atoms with E-state index in [1.807, 2.05) is 0 Å². The molecular weight excluding hydrogens is 438 g/mol. The average molecular weight is 444 g/mol. The van der Waals surface area contributed by atoms with Gasteiger partial charge in [0.1, 0.15) is 0 Å². The van der Waals surface area contributed by atoms with Gasteiger partial charge in [0.2, 0.25) is 10.0 Å². The molecule has 17 heavy (non-hydrogen) atoms. The summed E-state index contributed by atoms with van der Waals surface area (Å²) in [6.07, 6.45) is -4.62. The minimum atomic E-state index is -4.62. The van der Waals surface area contributed by atoms with Crippen LogP contribution in [0, 0.1) is 3.57 Å². The molecule has 0 aliphatic carbocycles. The number of nitrogens with two attached hydrogens (primary N) is 1. The fourth-order valence-corrected chi connectivity index (χ4v) is 3.68. The lowest BCUT2D eigenvalue weighted by Gasteiger charge is -2.13. The third kappa shape index (κ3) is 3.55. The van der Waals surface area contributed by atoms with Gasteiger partial charge in [-0.15, -0.1) is 0 Å². The first-order chi connectivity index (χ1) is 7.57. The first-order valence-corrected chi connectivity index (χ1v) is 7.80. The first kappa shape index (κ1) is 15.2. The van der Waals surface area contributed by atoms with Gasteiger partial charge in [-0.2, -0.15) is 13.2 Å². The van der Waals surface area contributed by atoms with Gasteiger partial charge in [0.05, 0.1) is 10.5 Å². The summed E-state index contributed by atoms with van der Waals surface area (Å²) in [7, 11) is -4.18. The van der Waals surface area contributed by atoms with Crippen LogP contribution in [-0.2, 0) is 21.5 Å². The van der Waals surface area contributed by atoms with Crippen molar-refractivity contribution in [1.29, 1.82) is 0 Å². The second kappa shape index (κ2) is 5.02. The fraction of sp³-hybridized carbons (Fsp3) is 0.250. The molecular formula is C8H6BrF3INO2S. The topological polar surface area (TPSA) is 60.2 Å². The van der Waals surface area contributed by atoms with E-state index in [1.54, 1.807) is 0 Å². The minimum Gasteiger partial charge on any atom is -0.225 e. The van der Waals surface area contributed by atoms with Gasteiger partial charge in [-0.1, -0.05) is 15.9 Å². The third-order valence-corrected chi connectivity index (χ3v) is 4.98. The molecule has 0 aliphatic heterocycles. The molecule has 0 saturated carbocycles. The van der Waals surface area contributed by atoms with Crippen LogP contribution in [0.3, 0.4) is 0 Å². The van der Waals surface area contributed by atoms with Crippen LogP contribution in [0.25, 0.3) is 0 Å². The van der Waals surface area contributed by atoms with E-state index in [4.69, 9.17) is 5.14 Å². The monoisotopic (exact) mass is 443 g/mol. The maximum absolute atomic E-state index is 12.7. The molecule has 1 aromatic rings. The lowest BCUT2D eigenvalue weighted by molar-refractivity contribution is -0.138. The molecule has 9 heteroatoms. The molecule has 0 aliphatic rings. The lowest BCUT2D eigenvalue weighted by atomic mass is 10.1. The second-order valence-electron chi connectivity index (χ2n) is 3.13. The number of hydrogen-bond acceptors (Lipinski definition) is 2. The molecule has 0 heterocycles. The van der Waals surface area contributed by atoms with E-state index in [9.17, 15) is 21.6 Å². The Morgan fingerprint density at radius 1 is 1.35 bits per heavy atom. The van der Waals surface area contributed by atoms with Crippen LogP contribution in [0.15, 0.2) is 17.0 Å². The van der Waals surface area contributed by atoms with E-state index in [-0.39, 0.29) is 10.9 Å². The molecule has 0 bridgehead atoms. The molecule has 0 fully saturated rings. The summed E-state index contributed by atoms with van der Waals surface area (Å²) < 4.78 is 60.0. The number of halogens is 5. The highest BCUT2D eigenvalue weighted by atomic mass is 127. The minimum absolute atomic E-state index is 0.107. The Bertz CT molecular complexity index is 544. The van der Waals surface area contributed by atoms with Crippen LogP contribution < -0.4 is 5.14 Å². The predicted molar refractivity (Wildman–Crippen MR) is 68.2 cm³/mol. The molecule has 0 unspecified atom stereocenters. The normalized spacial score (nSPS) is 12.8. The molecule has 1 rings (SSSR count). The molecule has 0 amide bonds. The Hall–Kier alpha value is 0.130. The Morgan fingerprint density at radius 2 is 1.88 bits per heavy atom. The molecule has 0 atom stereocenters. The Morgan fingerprint density at radius 3 is 2.24 bits per heavy atom. The number of hydrogen-bond donors (Lipinski definition) is 1. The SMILES string of the molecule is NS(=O)(=O)c1cc(CBr)cc(C(F)(F)F)c1I. The van der Waals surface area contributed by atoms with Crippen molar-refractivity contribution >= 4 is 48.5 Å². The van der Waals surface area contributed by atoms with Crippen LogP contribution in [0.5, 0.6) is 0 Å². The van der Waals surface area contributed by atoms with E-state index in [0.717, 1.165) is 12.1 Å². The van der Waals surface area contributed by atoms with Gasteiger partial charge in [-0.05, 0) is 40.3 Å². The average Bonchev–Trinajstić information content (AvgIpc) is 2.14. The van der Waals surface area contributed by atoms with Crippen molar-refractivity contribution in [2.24, 2.45) is 5.14 Å². The zero-order valence-electron chi connectivity index (χ0n) is 8.05. The molecule has 96 valence electrons. The summed E-state index contributed by atoms with van der Waals surface area (Å²) in [6.45, 7) is 0. The summed E-state index contributed by atoms with van der Waals surface area (Å²) in [5.74, 6) is 0. The molecule has 0 spiro atoms. The number of rotatable bonds is 2. The molecule has 3 nitrogen and oxygen atoms in total. The Kier molecular flexibility index (Phi) is 4.48. The molecule has 0 aromatic heterocycles. The summed E-state index contributed by atoms with van der Waals surface area (Å²) >= 11 is 4.31. The maximum Gasteiger partial charge on any atom is 0.417 e. The van der Waals surface area contributed by atoms with Gasteiger partial charge in [0.25, 0.3) is 0 Å². The molecule has 0 saturated heterocycles. The van der Waals surface area contributed by atoms with Gasteiger partial charge in [-0.3, -0.25) is 0 Å². The van der Waals surface area contributed by atoms with Crippen molar-refractivity contribution in [3.8, 4) is 0 Å². The van der Waals surface area contributed by atoms with Crippen LogP contribution in [0.1, 0.15) is 11.1 Å². The Labute approximate surface area is 118 Å². The summed E-state index contributed by atoms with van der Waals surface area (Å²) in [4.78, 5) is -0.512. The standard InChI is InChI=1S/C8H6BrF3INO2S/c9-3-4-1-5(8(10,11)12)7(13)6(2-4)17(14,15)16/h1-2H,3H2,(H2,14,15,16). The number of sulfonamides is 1. The largest absolute Gasteiger partial charge is 0.417 e. The summed E-state index contributed by atoms with van der Waals surface area (Å²) in [5, 5.41) is 4.98. The predicted octanol–water partition coefficient (Wildman–Crippen LogP) is 2.85. The van der Waals surface area contributed by atoms with Gasteiger partial charge >= 0.3 is 6.18 Å². The van der Waals surface area contributed by atoms with Crippen LogP contribution in [-0.4, -0.2) is 8.42 Å². The third-order valence-electron chi connectivity index (χ3n) is 1.87. The van der Waals surface area contributed by atoms with Crippen molar-refractivity contribution in [2.75, 3.05) is 0 Å². The van der Waals surface area contributed by atoms with E-state index >= 15 is 0 Å². The van der Waals surface area contributed by atoms with Crippen LogP contribution in [0.4, 0.5) is 13.2 Å². The maximum atomic E-state index is 12.7. The highest BCUT2D eigenvalue weighted by molar-refractivity contribution is 14.1. The van der Waals surface area contributed by atoms with Crippen molar-refractivity contribution in [3.05, 3.63) is 26.8 Å². The lowest BCUT2D eigenvalue weighted by Crippen LogP contribution is -2.18. The van der Waals surface area contributed by atoms with Gasteiger partial charge < -0.3 is 0 Å². The van der Waals surface area contributed by atoms with Crippen molar-refractivity contribution in [3.63, 3.8) is 0 Å². The van der Waals surface area contributed by atoms with Crippen LogP contribution in [0.2, 0.25) is 0 Å². The van der Waals surface area contributed by atoms with Gasteiger partial charge in [0, 0.05) is 8.90 Å². The summed E-state index contributed by atoms with van der Waals surface area (Å²) in [6, 6.07) is 2.02. The molecule has 0 radical (unpaired) electrons. The molecule has 2 N–H and O–H groups in total. The summed E-state index contributed by atoms with van der Waals surface area (Å²) in [5.41, 5.74) is -0.805. The highest BCUT2D eigenvalue weighted by Gasteiger charge is 2.35. The van der Waals surface area contributed by atoms with Gasteiger partial charge in [0.15, 0.2) is 0 Å². The highest BCUT2D eigenvalue weighted by Crippen LogP contribution is 2.36. The van der Waals surface area contributed by atoms with Crippen molar-refractivity contribution in [1.82, 2.24) is 0 Å². The quantitative estimate of drug-likeness (QED) is 0.564. The zero-order valence-corrected chi connectivity index (χ0v) is 12.6. The smallest absolute Gasteiger partial charge is 0.225 e. The van der Waals surface area contributed by atoms with E-state index in [0.29, 0.717) is 0 Å². The van der Waals surface area contributed by atoms with Gasteiger partial charge in [-0.25, -0.2) is 13.6 Å². The van der Waals surface area contributed by atoms with Crippen LogP contribution >= 0.6 is 38.5 Å². The van der Waals surface area contributed by atoms with E-state index < -0.39 is 30.2 Å². The van der Waals surface area contributed by atoms with E-state index in [1.165, 1.54) is 22.6 Å². The zero-order chi connectivity index (χ0) is 13.4. The number of primary sulfonamides is 1. The van der Waals surface area contributed by atoms with E-state index in [2.05, 4.69) is 15.9 Å². The number of benzene rings is 1. The number of alkyl halides is 4.